The smallest absolute Gasteiger partial charge is 0.410 e. The number of halogens is 3. The van der Waals surface area contributed by atoms with Crippen molar-refractivity contribution in [1.82, 2.24) is 0 Å². The van der Waals surface area contributed by atoms with E-state index in [0.29, 0.717) is 16.0 Å². The summed E-state index contributed by atoms with van der Waals surface area (Å²) in [7, 11) is 0. The molecule has 1 aliphatic carbocycles. The molecular formula is C20H17F3O3S. The Morgan fingerprint density at radius 2 is 1.93 bits per heavy atom. The number of benzene rings is 1. The van der Waals surface area contributed by atoms with Gasteiger partial charge in [0.1, 0.15) is 5.76 Å². The van der Waals surface area contributed by atoms with Crippen molar-refractivity contribution >= 4 is 34.3 Å². The number of alkyl halides is 3. The minimum Gasteiger partial charge on any atom is -0.410 e. The minimum absolute atomic E-state index is 0.0306. The van der Waals surface area contributed by atoms with Gasteiger partial charge in [-0.25, -0.2) is 0 Å². The van der Waals surface area contributed by atoms with Crippen LogP contribution >= 0.6 is 11.8 Å². The van der Waals surface area contributed by atoms with Gasteiger partial charge in [0.05, 0.1) is 4.91 Å². The van der Waals surface area contributed by atoms with E-state index < -0.39 is 6.36 Å². The Labute approximate surface area is 159 Å². The lowest BCUT2D eigenvalue weighted by Crippen LogP contribution is -2.12. The molecule has 1 aromatic carbocycles. The third kappa shape index (κ3) is 6.94. The molecule has 7 heteroatoms. The van der Waals surface area contributed by atoms with Crippen molar-refractivity contribution in [1.29, 1.82) is 0 Å². The fourth-order valence-corrected chi connectivity index (χ4v) is 2.99. The first-order chi connectivity index (χ1) is 12.6. The molecular weight excluding hydrogens is 377 g/mol. The molecule has 0 saturated carbocycles. The maximum absolute atomic E-state index is 12.4. The molecule has 0 amide bonds. The molecule has 0 aromatic heterocycles. The highest BCUT2D eigenvalue weighted by molar-refractivity contribution is 8.17. The van der Waals surface area contributed by atoms with Gasteiger partial charge in [-0.1, -0.05) is 36.4 Å². The van der Waals surface area contributed by atoms with Crippen LogP contribution in [0, 0.1) is 0 Å². The van der Waals surface area contributed by atoms with E-state index in [4.69, 9.17) is 0 Å². The van der Waals surface area contributed by atoms with Crippen molar-refractivity contribution in [3.63, 3.8) is 0 Å². The Hall–Kier alpha value is -2.54. The van der Waals surface area contributed by atoms with Crippen LogP contribution < -0.4 is 0 Å². The van der Waals surface area contributed by atoms with Gasteiger partial charge >= 0.3 is 6.36 Å². The molecule has 1 aliphatic rings. The summed E-state index contributed by atoms with van der Waals surface area (Å²) in [4.78, 5) is 23.3. The van der Waals surface area contributed by atoms with E-state index in [1.54, 1.807) is 42.5 Å². The molecule has 0 bridgehead atoms. The highest BCUT2D eigenvalue weighted by Gasteiger charge is 2.31. The molecule has 0 spiro atoms. The van der Waals surface area contributed by atoms with Crippen LogP contribution in [0.4, 0.5) is 13.2 Å². The van der Waals surface area contributed by atoms with Crippen molar-refractivity contribution in [2.75, 3.05) is 0 Å². The second kappa shape index (κ2) is 8.90. The van der Waals surface area contributed by atoms with Crippen LogP contribution in [0.15, 0.2) is 59.2 Å². The first kappa shape index (κ1) is 20.8. The second-order valence-corrected chi connectivity index (χ2v) is 6.91. The van der Waals surface area contributed by atoms with Gasteiger partial charge in [-0.05, 0) is 53.6 Å². The maximum Gasteiger partial charge on any atom is 0.572 e. The van der Waals surface area contributed by atoms with Crippen LogP contribution in [0.5, 0.6) is 0 Å². The molecule has 0 heterocycles. The fraction of sp³-hybridized carbons (Fsp3) is 0.200. The Morgan fingerprint density at radius 1 is 1.19 bits per heavy atom. The zero-order valence-electron chi connectivity index (χ0n) is 14.7. The highest BCUT2D eigenvalue weighted by atomic mass is 32.2. The number of carbonyl (C=O) groups excluding carboxylic acids is 2. The van der Waals surface area contributed by atoms with Gasteiger partial charge in [-0.3, -0.25) is 9.59 Å². The van der Waals surface area contributed by atoms with Gasteiger partial charge in [0.25, 0.3) is 0 Å². The lowest BCUT2D eigenvalue weighted by molar-refractivity contribution is -0.305. The van der Waals surface area contributed by atoms with Crippen LogP contribution in [0.2, 0.25) is 0 Å². The average molecular weight is 394 g/mol. The number of ketones is 1. The Balaban J connectivity index is 2.31. The number of Topliss-reactive ketones (excluding diaryl/α,β-unsaturated/α-hetero) is 1. The number of hydrogen-bond donors (Lipinski definition) is 0. The van der Waals surface area contributed by atoms with E-state index in [0.717, 1.165) is 17.3 Å². The van der Waals surface area contributed by atoms with Gasteiger partial charge in [-0.2, -0.15) is 0 Å². The van der Waals surface area contributed by atoms with Gasteiger partial charge in [0, 0.05) is 13.3 Å². The Kier molecular flexibility index (Phi) is 6.85. The minimum atomic E-state index is -4.72. The molecule has 0 unspecified atom stereocenters. The number of ether oxygens (including phenoxy) is 1. The van der Waals surface area contributed by atoms with E-state index in [9.17, 15) is 22.8 Å². The van der Waals surface area contributed by atoms with E-state index >= 15 is 0 Å². The van der Waals surface area contributed by atoms with E-state index in [1.807, 2.05) is 6.07 Å². The summed E-state index contributed by atoms with van der Waals surface area (Å²) in [5.74, 6) is -0.410. The fourth-order valence-electron chi connectivity index (χ4n) is 2.34. The number of thioether (sulfide) groups is 1. The van der Waals surface area contributed by atoms with E-state index in [2.05, 4.69) is 4.74 Å². The first-order valence-corrected chi connectivity index (χ1v) is 8.80. The monoisotopic (exact) mass is 394 g/mol. The zero-order valence-corrected chi connectivity index (χ0v) is 15.5. The lowest BCUT2D eigenvalue weighted by Gasteiger charge is -2.09. The third-order valence-electron chi connectivity index (χ3n) is 3.43. The molecule has 0 fully saturated rings. The standard InChI is InChI=1S/C20H17F3O3S/c1-13(24)19(27-14(2)25)12-15-5-3-7-17(11-15)16-6-4-8-18(10-9-16)26-20(21,22)23/h3-7,9-12H,8H2,1-2H3/b19-12-. The third-order valence-corrected chi connectivity index (χ3v) is 4.34. The van der Waals surface area contributed by atoms with E-state index in [-0.39, 0.29) is 23.1 Å². The molecule has 3 nitrogen and oxygen atoms in total. The zero-order chi connectivity index (χ0) is 20.0. The average Bonchev–Trinajstić information content (AvgIpc) is 2.78. The summed E-state index contributed by atoms with van der Waals surface area (Å²) in [5.41, 5.74) is 2.18. The lowest BCUT2D eigenvalue weighted by atomic mass is 10.0. The van der Waals surface area contributed by atoms with Crippen LogP contribution in [0.3, 0.4) is 0 Å². The number of hydrogen-bond acceptors (Lipinski definition) is 4. The van der Waals surface area contributed by atoms with Gasteiger partial charge in [0.2, 0.25) is 0 Å². The van der Waals surface area contributed by atoms with Gasteiger partial charge in [-0.15, -0.1) is 13.2 Å². The topological polar surface area (TPSA) is 43.4 Å². The second-order valence-electron chi connectivity index (χ2n) is 5.69. The van der Waals surface area contributed by atoms with Crippen LogP contribution in [-0.4, -0.2) is 17.3 Å². The number of carbonyl (C=O) groups is 2. The Bertz CT molecular complexity index is 861. The summed E-state index contributed by atoms with van der Waals surface area (Å²) in [5, 5.41) is -0.190. The molecule has 0 radical (unpaired) electrons. The molecule has 0 atom stereocenters. The molecule has 0 aliphatic heterocycles. The first-order valence-electron chi connectivity index (χ1n) is 7.98. The predicted octanol–water partition coefficient (Wildman–Crippen LogP) is 5.66. The molecule has 27 heavy (non-hydrogen) atoms. The summed E-state index contributed by atoms with van der Waals surface area (Å²) < 4.78 is 41.0. The van der Waals surface area contributed by atoms with Crippen molar-refractivity contribution in [2.45, 2.75) is 26.6 Å². The quantitative estimate of drug-likeness (QED) is 0.605. The number of allylic oxidation sites excluding steroid dienone is 6. The molecule has 1 aromatic rings. The van der Waals surface area contributed by atoms with Crippen molar-refractivity contribution in [3.8, 4) is 0 Å². The maximum atomic E-state index is 12.4. The van der Waals surface area contributed by atoms with E-state index in [1.165, 1.54) is 19.9 Å². The molecule has 2 rings (SSSR count). The van der Waals surface area contributed by atoms with Crippen molar-refractivity contribution in [2.24, 2.45) is 0 Å². The normalized spacial score (nSPS) is 14.9. The predicted molar refractivity (Wildman–Crippen MR) is 100 cm³/mol. The molecule has 0 saturated heterocycles. The van der Waals surface area contributed by atoms with Crippen LogP contribution in [0.1, 0.15) is 31.4 Å². The Morgan fingerprint density at radius 3 is 2.56 bits per heavy atom. The van der Waals surface area contributed by atoms with Crippen molar-refractivity contribution in [3.05, 3.63) is 70.4 Å². The molecule has 142 valence electrons. The molecule has 0 N–H and O–H groups in total. The summed E-state index contributed by atoms with van der Waals surface area (Å²) in [6.45, 7) is 2.76. The largest absolute Gasteiger partial charge is 0.572 e. The van der Waals surface area contributed by atoms with Gasteiger partial charge in [0.15, 0.2) is 10.9 Å². The van der Waals surface area contributed by atoms with Crippen molar-refractivity contribution < 1.29 is 27.5 Å². The van der Waals surface area contributed by atoms with Crippen LogP contribution in [-0.2, 0) is 14.3 Å². The summed E-state index contributed by atoms with van der Waals surface area (Å²) in [6.07, 6.45) is 3.06. The highest BCUT2D eigenvalue weighted by Crippen LogP contribution is 2.27. The number of rotatable bonds is 5. The summed E-state index contributed by atoms with van der Waals surface area (Å²) in [6, 6.07) is 7.15. The summed E-state index contributed by atoms with van der Waals surface area (Å²) >= 11 is 0.864. The van der Waals surface area contributed by atoms with Gasteiger partial charge < -0.3 is 4.74 Å². The SMILES string of the molecule is CC(=O)S/C(=C\c1cccc(C2=CC=C(OC(F)(F)F)CC=C2)c1)C(C)=O. The van der Waals surface area contributed by atoms with Crippen LogP contribution in [0.25, 0.3) is 11.6 Å².